The quantitative estimate of drug-likeness (QED) is 0.842. The van der Waals surface area contributed by atoms with Gasteiger partial charge in [-0.05, 0) is 17.9 Å². The topological polar surface area (TPSA) is 55.1 Å². The van der Waals surface area contributed by atoms with Gasteiger partial charge in [0.25, 0.3) is 0 Å². The number of benzene rings is 1. The third-order valence-electron chi connectivity index (χ3n) is 2.87. The molecule has 0 radical (unpaired) electrons. The van der Waals surface area contributed by atoms with Gasteiger partial charge in [0.2, 0.25) is 5.91 Å². The van der Waals surface area contributed by atoms with E-state index in [1.54, 1.807) is 0 Å². The minimum absolute atomic E-state index is 0.0166. The Morgan fingerprint density at radius 3 is 2.24 bits per heavy atom. The van der Waals surface area contributed by atoms with Crippen molar-refractivity contribution in [2.45, 2.75) is 39.8 Å². The van der Waals surface area contributed by atoms with Gasteiger partial charge < -0.3 is 11.1 Å². The minimum atomic E-state index is -0.492. The molecule has 94 valence electrons. The second-order valence-corrected chi connectivity index (χ2v) is 5.48. The number of amides is 1. The standard InChI is InChI=1S/C14H22N2O/c1-10(11-8-6-5-7-9-11)16-13(17)12(15)14(2,3)4/h5-10,12H,15H2,1-4H3,(H,16,17)/t10?,12-/m0/s1. The first kappa shape index (κ1) is 13.7. The molecule has 17 heavy (non-hydrogen) atoms. The summed E-state index contributed by atoms with van der Waals surface area (Å²) >= 11 is 0. The molecule has 0 fully saturated rings. The van der Waals surface area contributed by atoms with E-state index in [0.717, 1.165) is 5.56 Å². The molecule has 0 aromatic heterocycles. The lowest BCUT2D eigenvalue weighted by atomic mass is 9.86. The molecule has 0 aliphatic heterocycles. The van der Waals surface area contributed by atoms with E-state index in [1.807, 2.05) is 58.0 Å². The van der Waals surface area contributed by atoms with E-state index >= 15 is 0 Å². The summed E-state index contributed by atoms with van der Waals surface area (Å²) < 4.78 is 0. The van der Waals surface area contributed by atoms with Crippen LogP contribution in [-0.4, -0.2) is 11.9 Å². The number of hydrogen-bond donors (Lipinski definition) is 2. The van der Waals surface area contributed by atoms with Crippen molar-refractivity contribution < 1.29 is 4.79 Å². The Bertz CT molecular complexity index is 368. The van der Waals surface area contributed by atoms with Crippen LogP contribution in [0.3, 0.4) is 0 Å². The SMILES string of the molecule is CC(NC(=O)[C@H](N)C(C)(C)C)c1ccccc1. The summed E-state index contributed by atoms with van der Waals surface area (Å²) in [5.74, 6) is -0.103. The van der Waals surface area contributed by atoms with Gasteiger partial charge in [-0.3, -0.25) is 4.79 Å². The molecule has 1 aromatic carbocycles. The van der Waals surface area contributed by atoms with E-state index in [1.165, 1.54) is 0 Å². The maximum atomic E-state index is 11.9. The highest BCUT2D eigenvalue weighted by atomic mass is 16.2. The number of nitrogens with one attached hydrogen (secondary N) is 1. The van der Waals surface area contributed by atoms with E-state index in [4.69, 9.17) is 5.73 Å². The Balaban J connectivity index is 2.64. The zero-order valence-electron chi connectivity index (χ0n) is 11.0. The molecule has 3 N–H and O–H groups in total. The molecule has 3 heteroatoms. The maximum Gasteiger partial charge on any atom is 0.237 e. The maximum absolute atomic E-state index is 11.9. The number of rotatable bonds is 3. The first-order chi connectivity index (χ1) is 7.82. The van der Waals surface area contributed by atoms with Gasteiger partial charge in [0.1, 0.15) is 0 Å². The second kappa shape index (κ2) is 5.32. The first-order valence-corrected chi connectivity index (χ1v) is 5.93. The molecule has 3 nitrogen and oxygen atoms in total. The van der Waals surface area contributed by atoms with Crippen molar-refractivity contribution in [3.05, 3.63) is 35.9 Å². The van der Waals surface area contributed by atoms with E-state index < -0.39 is 6.04 Å². The highest BCUT2D eigenvalue weighted by molar-refractivity contribution is 5.82. The Morgan fingerprint density at radius 2 is 1.76 bits per heavy atom. The summed E-state index contributed by atoms with van der Waals surface area (Å²) in [5, 5.41) is 2.94. The minimum Gasteiger partial charge on any atom is -0.348 e. The fourth-order valence-corrected chi connectivity index (χ4v) is 1.52. The van der Waals surface area contributed by atoms with Crippen molar-refractivity contribution in [3.63, 3.8) is 0 Å². The Labute approximate surface area is 103 Å². The van der Waals surface area contributed by atoms with E-state index in [-0.39, 0.29) is 17.4 Å². The van der Waals surface area contributed by atoms with E-state index in [2.05, 4.69) is 5.32 Å². The van der Waals surface area contributed by atoms with Crippen molar-refractivity contribution in [1.82, 2.24) is 5.32 Å². The van der Waals surface area contributed by atoms with Crippen molar-refractivity contribution in [2.24, 2.45) is 11.1 Å². The van der Waals surface area contributed by atoms with Crippen LogP contribution in [0.2, 0.25) is 0 Å². The molecule has 2 atom stereocenters. The fraction of sp³-hybridized carbons (Fsp3) is 0.500. The molecule has 0 aliphatic carbocycles. The van der Waals surface area contributed by atoms with Crippen LogP contribution in [0.1, 0.15) is 39.3 Å². The van der Waals surface area contributed by atoms with Gasteiger partial charge in [0.05, 0.1) is 12.1 Å². The van der Waals surface area contributed by atoms with Gasteiger partial charge >= 0.3 is 0 Å². The molecule has 1 aromatic rings. The van der Waals surface area contributed by atoms with Gasteiger partial charge in [-0.1, -0.05) is 51.1 Å². The lowest BCUT2D eigenvalue weighted by Gasteiger charge is -2.27. The molecule has 1 unspecified atom stereocenters. The summed E-state index contributed by atoms with van der Waals surface area (Å²) in [5.41, 5.74) is 6.77. The molecule has 1 amide bonds. The van der Waals surface area contributed by atoms with Crippen molar-refractivity contribution >= 4 is 5.91 Å². The predicted octanol–water partition coefficient (Wildman–Crippen LogP) is 2.24. The van der Waals surface area contributed by atoms with E-state index in [0.29, 0.717) is 0 Å². The number of nitrogens with two attached hydrogens (primary N) is 1. The van der Waals surface area contributed by atoms with Gasteiger partial charge in [-0.25, -0.2) is 0 Å². The second-order valence-electron chi connectivity index (χ2n) is 5.48. The summed E-state index contributed by atoms with van der Waals surface area (Å²) in [7, 11) is 0. The third-order valence-corrected chi connectivity index (χ3v) is 2.87. The molecule has 0 aliphatic rings. The zero-order chi connectivity index (χ0) is 13.1. The van der Waals surface area contributed by atoms with Crippen LogP contribution in [-0.2, 0) is 4.79 Å². The van der Waals surface area contributed by atoms with Gasteiger partial charge in [0, 0.05) is 0 Å². The molecule has 0 heterocycles. The Morgan fingerprint density at radius 1 is 1.24 bits per heavy atom. The largest absolute Gasteiger partial charge is 0.348 e. The summed E-state index contributed by atoms with van der Waals surface area (Å²) in [6, 6.07) is 9.36. The summed E-state index contributed by atoms with van der Waals surface area (Å²) in [4.78, 5) is 11.9. The normalized spacial score (nSPS) is 15.1. The number of hydrogen-bond acceptors (Lipinski definition) is 2. The molecule has 0 saturated carbocycles. The zero-order valence-corrected chi connectivity index (χ0v) is 11.0. The van der Waals surface area contributed by atoms with E-state index in [9.17, 15) is 4.79 Å². The Hall–Kier alpha value is -1.35. The average Bonchev–Trinajstić information content (AvgIpc) is 2.27. The van der Waals surface area contributed by atoms with Crippen LogP contribution in [0.4, 0.5) is 0 Å². The van der Waals surface area contributed by atoms with Crippen molar-refractivity contribution in [1.29, 1.82) is 0 Å². The van der Waals surface area contributed by atoms with Gasteiger partial charge in [0.15, 0.2) is 0 Å². The first-order valence-electron chi connectivity index (χ1n) is 5.93. The van der Waals surface area contributed by atoms with Gasteiger partial charge in [-0.2, -0.15) is 0 Å². The molecular weight excluding hydrogens is 212 g/mol. The fourth-order valence-electron chi connectivity index (χ4n) is 1.52. The number of carbonyl (C=O) groups is 1. The van der Waals surface area contributed by atoms with Crippen molar-refractivity contribution in [3.8, 4) is 0 Å². The van der Waals surface area contributed by atoms with Crippen LogP contribution >= 0.6 is 0 Å². The predicted molar refractivity (Wildman–Crippen MR) is 70.4 cm³/mol. The highest BCUT2D eigenvalue weighted by Gasteiger charge is 2.28. The smallest absolute Gasteiger partial charge is 0.237 e. The highest BCUT2D eigenvalue weighted by Crippen LogP contribution is 2.19. The monoisotopic (exact) mass is 234 g/mol. The summed E-state index contributed by atoms with van der Waals surface area (Å²) in [6.07, 6.45) is 0. The van der Waals surface area contributed by atoms with Crippen LogP contribution in [0.25, 0.3) is 0 Å². The van der Waals surface area contributed by atoms with Crippen molar-refractivity contribution in [2.75, 3.05) is 0 Å². The number of carbonyl (C=O) groups excluding carboxylic acids is 1. The molecule has 0 bridgehead atoms. The molecule has 0 spiro atoms. The van der Waals surface area contributed by atoms with Crippen LogP contribution in [0.15, 0.2) is 30.3 Å². The Kier molecular flexibility index (Phi) is 4.29. The van der Waals surface area contributed by atoms with Gasteiger partial charge in [-0.15, -0.1) is 0 Å². The van der Waals surface area contributed by atoms with Crippen LogP contribution in [0.5, 0.6) is 0 Å². The molecular formula is C14H22N2O. The lowest BCUT2D eigenvalue weighted by Crippen LogP contribution is -2.49. The molecule has 0 saturated heterocycles. The lowest BCUT2D eigenvalue weighted by molar-refractivity contribution is -0.125. The average molecular weight is 234 g/mol. The van der Waals surface area contributed by atoms with Crippen LogP contribution < -0.4 is 11.1 Å². The third kappa shape index (κ3) is 3.86. The molecule has 1 rings (SSSR count). The summed E-state index contributed by atoms with van der Waals surface area (Å²) in [6.45, 7) is 7.85. The van der Waals surface area contributed by atoms with Crippen LogP contribution in [0, 0.1) is 5.41 Å².